The lowest BCUT2D eigenvalue weighted by Gasteiger charge is -2.32. The molecule has 0 radical (unpaired) electrons. The maximum Gasteiger partial charge on any atom is 0.499 e. The van der Waals surface area contributed by atoms with Crippen molar-refractivity contribution in [1.82, 2.24) is 4.57 Å². The van der Waals surface area contributed by atoms with E-state index in [4.69, 9.17) is 4.74 Å². The standard InChI is InChI=1S/C62H41N3O/c1-40-35-52(46-23-12-5-13-24-46)57(39-51(40)45-21-10-4-11-22-45)64-55-27-16-26-49-53-36-48(42-19-8-3-9-20-42)37-54-56-38-47(44-31-29-43(30-32-44)41-17-6-2-7-18-41)33-34-63(56)62(59(53)54)65(60(49)55)61(64)50-25-14-15-28-58(50)66-62/h2-39H,1H3/q+2. The number of aromatic nitrogens is 3. The molecule has 1 spiro atoms. The van der Waals surface area contributed by atoms with Crippen LogP contribution >= 0.6 is 0 Å². The fourth-order valence-electron chi connectivity index (χ4n) is 11.1. The Kier molecular flexibility index (Phi) is 7.79. The third-order valence-electron chi connectivity index (χ3n) is 14.1. The minimum absolute atomic E-state index is 0.839. The molecular formula is C62H41N3O+2. The number of pyridine rings is 1. The third-order valence-corrected chi connectivity index (χ3v) is 14.1. The lowest BCUT2D eigenvalue weighted by atomic mass is 9.85. The zero-order valence-corrected chi connectivity index (χ0v) is 36.2. The Bertz CT molecular complexity index is 3770. The van der Waals surface area contributed by atoms with E-state index in [0.717, 1.165) is 61.8 Å². The van der Waals surface area contributed by atoms with Gasteiger partial charge in [-0.15, -0.1) is 9.13 Å². The average Bonchev–Trinajstić information content (AvgIpc) is 3.88. The van der Waals surface area contributed by atoms with Crippen molar-refractivity contribution in [2.75, 3.05) is 0 Å². The second-order valence-corrected chi connectivity index (χ2v) is 17.7. The molecule has 0 N–H and O–H groups in total. The molecule has 14 rings (SSSR count). The number of hydrogen-bond acceptors (Lipinski definition) is 1. The minimum atomic E-state index is -1.08. The van der Waals surface area contributed by atoms with Crippen molar-refractivity contribution >= 4 is 11.0 Å². The highest BCUT2D eigenvalue weighted by Crippen LogP contribution is 2.54. The molecule has 4 heteroatoms. The summed E-state index contributed by atoms with van der Waals surface area (Å²) in [6, 6.07) is 81.7. The summed E-state index contributed by atoms with van der Waals surface area (Å²) >= 11 is 0. The third kappa shape index (κ3) is 5.15. The van der Waals surface area contributed by atoms with Gasteiger partial charge in [-0.1, -0.05) is 164 Å². The minimum Gasteiger partial charge on any atom is -0.392 e. The van der Waals surface area contributed by atoms with Crippen LogP contribution < -0.4 is 13.9 Å². The van der Waals surface area contributed by atoms with E-state index < -0.39 is 5.85 Å². The molecule has 11 aromatic rings. The van der Waals surface area contributed by atoms with Crippen LogP contribution in [0.15, 0.2) is 231 Å². The highest BCUT2D eigenvalue weighted by atomic mass is 16.5. The quantitative estimate of drug-likeness (QED) is 0.153. The Balaban J connectivity index is 1.10. The van der Waals surface area contributed by atoms with Crippen LogP contribution in [0.1, 0.15) is 11.1 Å². The fourth-order valence-corrected chi connectivity index (χ4v) is 11.1. The summed E-state index contributed by atoms with van der Waals surface area (Å²) in [5, 5.41) is 0. The van der Waals surface area contributed by atoms with Crippen LogP contribution in [0.4, 0.5) is 0 Å². The molecule has 0 fully saturated rings. The van der Waals surface area contributed by atoms with Crippen LogP contribution in [0.5, 0.6) is 5.75 Å². The second kappa shape index (κ2) is 13.9. The number of imidazole rings is 1. The summed E-state index contributed by atoms with van der Waals surface area (Å²) in [4.78, 5) is 0. The van der Waals surface area contributed by atoms with Gasteiger partial charge in [-0.25, -0.2) is 0 Å². The summed E-state index contributed by atoms with van der Waals surface area (Å²) in [5.74, 6) is 0.836. The predicted molar refractivity (Wildman–Crippen MR) is 265 cm³/mol. The van der Waals surface area contributed by atoms with Gasteiger partial charge in [0.1, 0.15) is 22.6 Å². The molecule has 9 aromatic carbocycles. The SMILES string of the molecule is Cc1cc(-c2ccccc2)c(-n2c3[n+]4c5c(cccc52)-c2cc(-c5ccccc5)cc5c2C4(Oc2ccccc2-3)[n+]2ccc(-c3ccc(-c4ccccc4)cc3)cc2-5)cc1-c1ccccc1. The van der Waals surface area contributed by atoms with Gasteiger partial charge in [0.25, 0.3) is 0 Å². The highest BCUT2D eigenvalue weighted by molar-refractivity contribution is 6.00. The van der Waals surface area contributed by atoms with Crippen LogP contribution in [0.25, 0.3) is 106 Å². The van der Waals surface area contributed by atoms with Gasteiger partial charge in [-0.2, -0.15) is 4.57 Å². The number of benzene rings is 9. The Labute approximate surface area is 383 Å². The molecular weight excluding hydrogens is 803 g/mol. The van der Waals surface area contributed by atoms with Crippen molar-refractivity contribution in [2.45, 2.75) is 12.8 Å². The number of aryl methyl sites for hydroxylation is 1. The van der Waals surface area contributed by atoms with Crippen molar-refractivity contribution in [1.29, 1.82) is 0 Å². The van der Waals surface area contributed by atoms with Gasteiger partial charge in [-0.05, 0) is 111 Å². The molecule has 308 valence electrons. The first-order chi connectivity index (χ1) is 32.6. The summed E-state index contributed by atoms with van der Waals surface area (Å²) in [5.41, 5.74) is 23.2. The van der Waals surface area contributed by atoms with E-state index in [1.807, 2.05) is 0 Å². The van der Waals surface area contributed by atoms with Crippen LogP contribution in [-0.4, -0.2) is 4.57 Å². The van der Waals surface area contributed by atoms with Gasteiger partial charge in [0.05, 0.1) is 5.56 Å². The summed E-state index contributed by atoms with van der Waals surface area (Å²) < 4.78 is 15.2. The van der Waals surface area contributed by atoms with E-state index in [1.165, 1.54) is 61.2 Å². The molecule has 0 saturated heterocycles. The lowest BCUT2D eigenvalue weighted by molar-refractivity contribution is -0.997. The maximum atomic E-state index is 7.75. The molecule has 3 aliphatic rings. The molecule has 1 atom stereocenters. The van der Waals surface area contributed by atoms with E-state index in [-0.39, 0.29) is 0 Å². The van der Waals surface area contributed by atoms with Gasteiger partial charge >= 0.3 is 11.7 Å². The van der Waals surface area contributed by atoms with Gasteiger partial charge < -0.3 is 4.74 Å². The molecule has 5 heterocycles. The number of ether oxygens (including phenoxy) is 1. The van der Waals surface area contributed by atoms with Gasteiger partial charge in [0.15, 0.2) is 17.2 Å². The van der Waals surface area contributed by atoms with Crippen LogP contribution in [0, 0.1) is 6.92 Å². The number of rotatable bonds is 6. The van der Waals surface area contributed by atoms with Crippen LogP contribution in [0.2, 0.25) is 0 Å². The smallest absolute Gasteiger partial charge is 0.392 e. The first-order valence-corrected chi connectivity index (χ1v) is 22.7. The molecule has 0 saturated carbocycles. The van der Waals surface area contributed by atoms with Crippen molar-refractivity contribution in [3.8, 4) is 101 Å². The number of nitrogens with zero attached hydrogens (tertiary/aromatic N) is 3. The normalized spacial score (nSPS) is 14.6. The molecule has 4 nitrogen and oxygen atoms in total. The monoisotopic (exact) mass is 843 g/mol. The van der Waals surface area contributed by atoms with Crippen LogP contribution in [-0.2, 0) is 5.85 Å². The van der Waals surface area contributed by atoms with Gasteiger partial charge in [0.2, 0.25) is 5.69 Å². The lowest BCUT2D eigenvalue weighted by Crippen LogP contribution is -2.78. The Hall–Kier alpha value is -8.60. The summed E-state index contributed by atoms with van der Waals surface area (Å²) in [6.07, 6.45) is 2.26. The zero-order valence-electron chi connectivity index (χ0n) is 36.2. The first-order valence-electron chi connectivity index (χ1n) is 22.7. The Morgan fingerprint density at radius 2 is 0.970 bits per heavy atom. The largest absolute Gasteiger partial charge is 0.499 e. The maximum absolute atomic E-state index is 7.75. The highest BCUT2D eigenvalue weighted by Gasteiger charge is 2.68. The van der Waals surface area contributed by atoms with E-state index >= 15 is 0 Å². The van der Waals surface area contributed by atoms with Crippen molar-refractivity contribution in [3.05, 3.63) is 242 Å². The molecule has 66 heavy (non-hydrogen) atoms. The van der Waals surface area contributed by atoms with E-state index in [0.29, 0.717) is 0 Å². The van der Waals surface area contributed by atoms with E-state index in [1.54, 1.807) is 0 Å². The topological polar surface area (TPSA) is 21.9 Å². The molecule has 0 bridgehead atoms. The molecule has 2 aromatic heterocycles. The molecule has 1 unspecified atom stereocenters. The van der Waals surface area contributed by atoms with Crippen LogP contribution in [0.3, 0.4) is 0 Å². The van der Waals surface area contributed by atoms with E-state index in [2.05, 4.69) is 251 Å². The Morgan fingerprint density at radius 3 is 1.67 bits per heavy atom. The summed E-state index contributed by atoms with van der Waals surface area (Å²) in [6.45, 7) is 2.24. The summed E-state index contributed by atoms with van der Waals surface area (Å²) in [7, 11) is 0. The van der Waals surface area contributed by atoms with Gasteiger partial charge in [0, 0.05) is 28.8 Å². The number of hydrogen-bond donors (Lipinski definition) is 0. The Morgan fingerprint density at radius 1 is 0.409 bits per heavy atom. The van der Waals surface area contributed by atoms with Crippen molar-refractivity contribution < 1.29 is 13.9 Å². The fraction of sp³-hybridized carbons (Fsp3) is 0.0323. The number of para-hydroxylation sites is 2. The first kappa shape index (κ1) is 36.8. The predicted octanol–water partition coefficient (Wildman–Crippen LogP) is 14.1. The van der Waals surface area contributed by atoms with Crippen molar-refractivity contribution in [2.24, 2.45) is 0 Å². The molecule has 3 aliphatic heterocycles. The van der Waals surface area contributed by atoms with Gasteiger partial charge in [-0.3, -0.25) is 0 Å². The molecule has 0 aliphatic carbocycles. The second-order valence-electron chi connectivity index (χ2n) is 17.7. The van der Waals surface area contributed by atoms with E-state index in [9.17, 15) is 0 Å². The van der Waals surface area contributed by atoms with Crippen molar-refractivity contribution in [3.63, 3.8) is 0 Å². The zero-order chi connectivity index (χ0) is 43.5. The average molecular weight is 844 g/mol. The molecule has 0 amide bonds. The number of fused-ring (bicyclic) bond motifs is 5.